The number of rotatable bonds is 2. The standard InChI is InChI=1S/C12H14O3/c1-7(12(14)15)8-5-6-10-9(8)3-2-4-11(10)13/h2-4,7-8,13H,5-6H2,1H3,(H,14,15). The lowest BCUT2D eigenvalue weighted by atomic mass is 9.89. The summed E-state index contributed by atoms with van der Waals surface area (Å²) in [5.74, 6) is -0.804. The van der Waals surface area contributed by atoms with Gasteiger partial charge in [-0.15, -0.1) is 0 Å². The third-order valence-electron chi connectivity index (χ3n) is 3.29. The monoisotopic (exact) mass is 206 g/mol. The molecule has 1 aromatic carbocycles. The van der Waals surface area contributed by atoms with E-state index in [1.807, 2.05) is 6.07 Å². The van der Waals surface area contributed by atoms with Crippen LogP contribution in [-0.2, 0) is 11.2 Å². The highest BCUT2D eigenvalue weighted by Crippen LogP contribution is 2.41. The minimum atomic E-state index is -0.767. The zero-order valence-corrected chi connectivity index (χ0v) is 8.60. The van der Waals surface area contributed by atoms with E-state index in [9.17, 15) is 9.90 Å². The lowest BCUT2D eigenvalue weighted by Crippen LogP contribution is -2.17. The molecule has 3 heteroatoms. The van der Waals surface area contributed by atoms with Crippen molar-refractivity contribution in [2.45, 2.75) is 25.7 Å². The number of hydrogen-bond acceptors (Lipinski definition) is 2. The molecule has 2 rings (SSSR count). The van der Waals surface area contributed by atoms with Gasteiger partial charge in [0, 0.05) is 0 Å². The molecule has 1 aromatic rings. The van der Waals surface area contributed by atoms with Gasteiger partial charge in [0.1, 0.15) is 5.75 Å². The fourth-order valence-electron chi connectivity index (χ4n) is 2.36. The van der Waals surface area contributed by atoms with Gasteiger partial charge in [-0.2, -0.15) is 0 Å². The van der Waals surface area contributed by atoms with Crippen LogP contribution in [-0.4, -0.2) is 16.2 Å². The molecule has 0 saturated heterocycles. The Hall–Kier alpha value is -1.51. The van der Waals surface area contributed by atoms with E-state index in [2.05, 4.69) is 0 Å². The van der Waals surface area contributed by atoms with E-state index in [-0.39, 0.29) is 11.8 Å². The molecule has 0 fully saturated rings. The van der Waals surface area contributed by atoms with Crippen molar-refractivity contribution in [3.63, 3.8) is 0 Å². The predicted molar refractivity (Wildman–Crippen MR) is 56.0 cm³/mol. The average Bonchev–Trinajstić information content (AvgIpc) is 2.61. The summed E-state index contributed by atoms with van der Waals surface area (Å²) in [6.45, 7) is 1.73. The van der Waals surface area contributed by atoms with Crippen LogP contribution < -0.4 is 0 Å². The molecular formula is C12H14O3. The maximum absolute atomic E-state index is 10.9. The number of benzene rings is 1. The summed E-state index contributed by atoms with van der Waals surface area (Å²) in [5.41, 5.74) is 1.93. The summed E-state index contributed by atoms with van der Waals surface area (Å²) < 4.78 is 0. The van der Waals surface area contributed by atoms with Crippen LogP contribution in [0.15, 0.2) is 18.2 Å². The second kappa shape index (κ2) is 3.57. The minimum Gasteiger partial charge on any atom is -0.508 e. The van der Waals surface area contributed by atoms with Crippen LogP contribution in [0.5, 0.6) is 5.75 Å². The molecule has 2 N–H and O–H groups in total. The van der Waals surface area contributed by atoms with Crippen LogP contribution in [0.2, 0.25) is 0 Å². The van der Waals surface area contributed by atoms with Gasteiger partial charge in [0.25, 0.3) is 0 Å². The molecule has 0 amide bonds. The van der Waals surface area contributed by atoms with Gasteiger partial charge >= 0.3 is 5.97 Å². The number of carboxylic acids is 1. The summed E-state index contributed by atoms with van der Waals surface area (Å²) in [7, 11) is 0. The number of hydrogen-bond donors (Lipinski definition) is 2. The first-order chi connectivity index (χ1) is 7.11. The van der Waals surface area contributed by atoms with Gasteiger partial charge in [-0.3, -0.25) is 4.79 Å². The third-order valence-corrected chi connectivity index (χ3v) is 3.29. The van der Waals surface area contributed by atoms with Crippen LogP contribution in [0.4, 0.5) is 0 Å². The molecule has 0 spiro atoms. The van der Waals surface area contributed by atoms with Crippen molar-refractivity contribution in [3.05, 3.63) is 29.3 Å². The Morgan fingerprint density at radius 3 is 2.93 bits per heavy atom. The summed E-state index contributed by atoms with van der Waals surface area (Å²) in [5, 5.41) is 18.6. The molecule has 80 valence electrons. The SMILES string of the molecule is CC(C(=O)O)C1CCc2c(O)cccc21. The minimum absolute atomic E-state index is 0.0459. The molecular weight excluding hydrogens is 192 g/mol. The van der Waals surface area contributed by atoms with Crippen molar-refractivity contribution in [2.24, 2.45) is 5.92 Å². The Balaban J connectivity index is 2.37. The average molecular weight is 206 g/mol. The van der Waals surface area contributed by atoms with Gasteiger partial charge in [-0.1, -0.05) is 19.1 Å². The molecule has 0 heterocycles. The van der Waals surface area contributed by atoms with Gasteiger partial charge in [-0.25, -0.2) is 0 Å². The molecule has 0 aliphatic heterocycles. The largest absolute Gasteiger partial charge is 0.508 e. The molecule has 15 heavy (non-hydrogen) atoms. The maximum Gasteiger partial charge on any atom is 0.306 e. The Bertz CT molecular complexity index is 398. The Morgan fingerprint density at radius 1 is 1.53 bits per heavy atom. The number of aliphatic carboxylic acids is 1. The fourth-order valence-corrected chi connectivity index (χ4v) is 2.36. The second-order valence-corrected chi connectivity index (χ2v) is 4.12. The molecule has 2 atom stereocenters. The normalized spacial score (nSPS) is 21.0. The van der Waals surface area contributed by atoms with E-state index in [0.29, 0.717) is 5.75 Å². The van der Waals surface area contributed by atoms with E-state index in [0.717, 1.165) is 24.0 Å². The zero-order chi connectivity index (χ0) is 11.0. The Kier molecular flexibility index (Phi) is 2.39. The number of aromatic hydroxyl groups is 1. The molecule has 0 saturated carbocycles. The fraction of sp³-hybridized carbons (Fsp3) is 0.417. The molecule has 1 aliphatic carbocycles. The van der Waals surface area contributed by atoms with Crippen molar-refractivity contribution in [3.8, 4) is 5.75 Å². The van der Waals surface area contributed by atoms with Crippen LogP contribution in [0.25, 0.3) is 0 Å². The molecule has 0 bridgehead atoms. The summed E-state index contributed by atoms with van der Waals surface area (Å²) >= 11 is 0. The highest BCUT2D eigenvalue weighted by Gasteiger charge is 2.32. The number of phenols is 1. The summed E-state index contributed by atoms with van der Waals surface area (Å²) in [6, 6.07) is 5.36. The third kappa shape index (κ3) is 1.58. The van der Waals surface area contributed by atoms with Crippen molar-refractivity contribution in [1.29, 1.82) is 0 Å². The lowest BCUT2D eigenvalue weighted by Gasteiger charge is -2.16. The van der Waals surface area contributed by atoms with Crippen LogP contribution in [0.1, 0.15) is 30.4 Å². The van der Waals surface area contributed by atoms with Crippen LogP contribution >= 0.6 is 0 Å². The quantitative estimate of drug-likeness (QED) is 0.779. The number of fused-ring (bicyclic) bond motifs is 1. The second-order valence-electron chi connectivity index (χ2n) is 4.12. The molecule has 0 radical (unpaired) electrons. The number of phenolic OH excluding ortho intramolecular Hbond substituents is 1. The Morgan fingerprint density at radius 2 is 2.27 bits per heavy atom. The van der Waals surface area contributed by atoms with Crippen molar-refractivity contribution < 1.29 is 15.0 Å². The van der Waals surface area contributed by atoms with Crippen LogP contribution in [0, 0.1) is 5.92 Å². The first-order valence-electron chi connectivity index (χ1n) is 5.15. The van der Waals surface area contributed by atoms with E-state index < -0.39 is 5.97 Å². The van der Waals surface area contributed by atoms with Gasteiger partial charge in [0.05, 0.1) is 5.92 Å². The van der Waals surface area contributed by atoms with Crippen molar-refractivity contribution >= 4 is 5.97 Å². The number of carboxylic acid groups (broad SMARTS) is 1. The van der Waals surface area contributed by atoms with Gasteiger partial charge in [-0.05, 0) is 36.0 Å². The molecule has 2 unspecified atom stereocenters. The zero-order valence-electron chi connectivity index (χ0n) is 8.60. The van der Waals surface area contributed by atoms with Crippen molar-refractivity contribution in [1.82, 2.24) is 0 Å². The first kappa shape index (κ1) is 10.0. The van der Waals surface area contributed by atoms with Gasteiger partial charge in [0.2, 0.25) is 0 Å². The van der Waals surface area contributed by atoms with Gasteiger partial charge < -0.3 is 10.2 Å². The lowest BCUT2D eigenvalue weighted by molar-refractivity contribution is -0.141. The Labute approximate surface area is 88.4 Å². The highest BCUT2D eigenvalue weighted by atomic mass is 16.4. The molecule has 0 aromatic heterocycles. The maximum atomic E-state index is 10.9. The summed E-state index contributed by atoms with van der Waals surface area (Å²) in [6.07, 6.45) is 1.60. The van der Waals surface area contributed by atoms with Gasteiger partial charge in [0.15, 0.2) is 0 Å². The molecule has 1 aliphatic rings. The number of carbonyl (C=O) groups is 1. The van der Waals surface area contributed by atoms with E-state index in [4.69, 9.17) is 5.11 Å². The highest BCUT2D eigenvalue weighted by molar-refractivity contribution is 5.71. The topological polar surface area (TPSA) is 57.5 Å². The van der Waals surface area contributed by atoms with Crippen molar-refractivity contribution in [2.75, 3.05) is 0 Å². The van der Waals surface area contributed by atoms with E-state index in [1.54, 1.807) is 19.1 Å². The molecule has 3 nitrogen and oxygen atoms in total. The first-order valence-corrected chi connectivity index (χ1v) is 5.15. The summed E-state index contributed by atoms with van der Waals surface area (Å²) in [4.78, 5) is 10.9. The van der Waals surface area contributed by atoms with E-state index in [1.165, 1.54) is 0 Å². The predicted octanol–water partition coefficient (Wildman–Crippen LogP) is 2.14. The van der Waals surface area contributed by atoms with E-state index >= 15 is 0 Å². The smallest absolute Gasteiger partial charge is 0.306 e. The van der Waals surface area contributed by atoms with Crippen LogP contribution in [0.3, 0.4) is 0 Å².